The van der Waals surface area contributed by atoms with E-state index in [1.807, 2.05) is 6.20 Å². The SMILES string of the molecule is COCCC(Cc1ncc[nH]1)c1ncn[nH]1. The molecule has 0 radical (unpaired) electrons. The molecule has 2 aromatic heterocycles. The van der Waals surface area contributed by atoms with Crippen LogP contribution in [0.3, 0.4) is 0 Å². The standard InChI is InChI=1S/C10H15N5O/c1-16-5-2-8(10-13-7-14-15-10)6-9-11-3-4-12-9/h3-4,7-8H,2,5-6H2,1H3,(H,11,12)(H,13,14,15). The van der Waals surface area contributed by atoms with Crippen molar-refractivity contribution in [3.63, 3.8) is 0 Å². The molecule has 86 valence electrons. The summed E-state index contributed by atoms with van der Waals surface area (Å²) in [6, 6.07) is 0. The van der Waals surface area contributed by atoms with Gasteiger partial charge in [-0.3, -0.25) is 5.10 Å². The van der Waals surface area contributed by atoms with Crippen molar-refractivity contribution >= 4 is 0 Å². The Morgan fingerprint density at radius 2 is 2.38 bits per heavy atom. The summed E-state index contributed by atoms with van der Waals surface area (Å²) in [5.74, 6) is 2.10. The van der Waals surface area contributed by atoms with E-state index in [9.17, 15) is 0 Å². The van der Waals surface area contributed by atoms with E-state index < -0.39 is 0 Å². The van der Waals surface area contributed by atoms with Gasteiger partial charge in [-0.25, -0.2) is 9.97 Å². The highest BCUT2D eigenvalue weighted by Crippen LogP contribution is 2.19. The van der Waals surface area contributed by atoms with Crippen LogP contribution in [-0.4, -0.2) is 38.9 Å². The molecule has 6 nitrogen and oxygen atoms in total. The zero-order valence-corrected chi connectivity index (χ0v) is 9.18. The molecule has 0 spiro atoms. The second-order valence-corrected chi connectivity index (χ2v) is 3.59. The monoisotopic (exact) mass is 221 g/mol. The molecule has 16 heavy (non-hydrogen) atoms. The quantitative estimate of drug-likeness (QED) is 0.759. The van der Waals surface area contributed by atoms with E-state index in [1.54, 1.807) is 13.3 Å². The Labute approximate surface area is 93.5 Å². The number of methoxy groups -OCH3 is 1. The van der Waals surface area contributed by atoms with Gasteiger partial charge in [-0.05, 0) is 6.42 Å². The fourth-order valence-electron chi connectivity index (χ4n) is 1.65. The van der Waals surface area contributed by atoms with Gasteiger partial charge in [-0.15, -0.1) is 0 Å². The molecule has 2 N–H and O–H groups in total. The molecule has 0 aliphatic rings. The van der Waals surface area contributed by atoms with Crippen LogP contribution in [0.25, 0.3) is 0 Å². The van der Waals surface area contributed by atoms with E-state index in [2.05, 4.69) is 25.1 Å². The van der Waals surface area contributed by atoms with Crippen molar-refractivity contribution in [1.29, 1.82) is 0 Å². The summed E-state index contributed by atoms with van der Waals surface area (Å²) in [5, 5.41) is 6.77. The second kappa shape index (κ2) is 5.41. The van der Waals surface area contributed by atoms with Gasteiger partial charge in [-0.1, -0.05) is 0 Å². The first-order valence-corrected chi connectivity index (χ1v) is 5.22. The second-order valence-electron chi connectivity index (χ2n) is 3.59. The summed E-state index contributed by atoms with van der Waals surface area (Å²) in [4.78, 5) is 11.5. The van der Waals surface area contributed by atoms with Crippen LogP contribution in [0, 0.1) is 0 Å². The number of rotatable bonds is 6. The summed E-state index contributed by atoms with van der Waals surface area (Å²) >= 11 is 0. The van der Waals surface area contributed by atoms with Crippen LogP contribution in [0.5, 0.6) is 0 Å². The summed E-state index contributed by atoms with van der Waals surface area (Å²) in [6.07, 6.45) is 6.81. The van der Waals surface area contributed by atoms with E-state index >= 15 is 0 Å². The maximum absolute atomic E-state index is 5.10. The van der Waals surface area contributed by atoms with Crippen molar-refractivity contribution in [1.82, 2.24) is 25.1 Å². The lowest BCUT2D eigenvalue weighted by Gasteiger charge is -2.11. The van der Waals surface area contributed by atoms with Crippen molar-refractivity contribution in [3.05, 3.63) is 30.4 Å². The van der Waals surface area contributed by atoms with Crippen LogP contribution in [0.1, 0.15) is 24.0 Å². The number of hydrogen-bond acceptors (Lipinski definition) is 4. The molecule has 0 fully saturated rings. The van der Waals surface area contributed by atoms with Crippen LogP contribution in [0.15, 0.2) is 18.7 Å². The Morgan fingerprint density at radius 1 is 1.44 bits per heavy atom. The molecule has 0 aliphatic heterocycles. The summed E-state index contributed by atoms with van der Waals surface area (Å²) < 4.78 is 5.10. The van der Waals surface area contributed by atoms with Gasteiger partial charge in [0.1, 0.15) is 18.0 Å². The smallest absolute Gasteiger partial charge is 0.137 e. The molecule has 2 aromatic rings. The molecule has 0 amide bonds. The molecule has 2 rings (SSSR count). The Kier molecular flexibility index (Phi) is 3.66. The van der Waals surface area contributed by atoms with Crippen molar-refractivity contribution in [3.8, 4) is 0 Å². The molecule has 0 bridgehead atoms. The highest BCUT2D eigenvalue weighted by atomic mass is 16.5. The van der Waals surface area contributed by atoms with E-state index in [4.69, 9.17) is 4.74 Å². The highest BCUT2D eigenvalue weighted by molar-refractivity contribution is 5.00. The molecule has 2 heterocycles. The van der Waals surface area contributed by atoms with Gasteiger partial charge in [0, 0.05) is 38.4 Å². The van der Waals surface area contributed by atoms with Gasteiger partial charge in [-0.2, -0.15) is 5.10 Å². The first kappa shape index (κ1) is 10.8. The van der Waals surface area contributed by atoms with Gasteiger partial charge in [0.2, 0.25) is 0 Å². The topological polar surface area (TPSA) is 79.5 Å². The molecule has 1 atom stereocenters. The molecule has 6 heteroatoms. The maximum Gasteiger partial charge on any atom is 0.137 e. The third-order valence-corrected chi connectivity index (χ3v) is 2.49. The van der Waals surface area contributed by atoms with E-state index in [0.717, 1.165) is 24.5 Å². The van der Waals surface area contributed by atoms with Crippen LogP contribution in [0.4, 0.5) is 0 Å². The zero-order valence-electron chi connectivity index (χ0n) is 9.18. The third-order valence-electron chi connectivity index (χ3n) is 2.49. The highest BCUT2D eigenvalue weighted by Gasteiger charge is 2.16. The largest absolute Gasteiger partial charge is 0.385 e. The van der Waals surface area contributed by atoms with Crippen molar-refractivity contribution in [2.45, 2.75) is 18.8 Å². The first-order chi connectivity index (χ1) is 7.90. The molecule has 1 unspecified atom stereocenters. The minimum absolute atomic E-state index is 0.258. The molecule has 0 aliphatic carbocycles. The number of H-pyrrole nitrogens is 2. The molecule has 0 saturated heterocycles. The van der Waals surface area contributed by atoms with E-state index in [1.165, 1.54) is 6.33 Å². The number of hydrogen-bond donors (Lipinski definition) is 2. The fraction of sp³-hybridized carbons (Fsp3) is 0.500. The number of ether oxygens (including phenoxy) is 1. The summed E-state index contributed by atoms with van der Waals surface area (Å²) in [7, 11) is 1.70. The van der Waals surface area contributed by atoms with Crippen molar-refractivity contribution in [2.75, 3.05) is 13.7 Å². The number of imidazole rings is 1. The first-order valence-electron chi connectivity index (χ1n) is 5.22. The van der Waals surface area contributed by atoms with E-state index in [0.29, 0.717) is 6.61 Å². The van der Waals surface area contributed by atoms with Crippen molar-refractivity contribution in [2.24, 2.45) is 0 Å². The molecule has 0 saturated carbocycles. The third kappa shape index (κ3) is 2.66. The lowest BCUT2D eigenvalue weighted by molar-refractivity contribution is 0.186. The lowest BCUT2D eigenvalue weighted by atomic mass is 10.0. The van der Waals surface area contributed by atoms with Gasteiger partial charge in [0.15, 0.2) is 0 Å². The summed E-state index contributed by atoms with van der Waals surface area (Å²) in [5.41, 5.74) is 0. The number of nitrogens with one attached hydrogen (secondary N) is 2. The Bertz CT molecular complexity index is 383. The van der Waals surface area contributed by atoms with Crippen LogP contribution >= 0.6 is 0 Å². The van der Waals surface area contributed by atoms with Gasteiger partial charge >= 0.3 is 0 Å². The Morgan fingerprint density at radius 3 is 3.00 bits per heavy atom. The molecule has 0 aromatic carbocycles. The van der Waals surface area contributed by atoms with Gasteiger partial charge < -0.3 is 9.72 Å². The van der Waals surface area contributed by atoms with Crippen LogP contribution in [-0.2, 0) is 11.2 Å². The molecular weight excluding hydrogens is 206 g/mol. The van der Waals surface area contributed by atoms with Crippen LogP contribution in [0.2, 0.25) is 0 Å². The Balaban J connectivity index is 2.03. The predicted octanol–water partition coefficient (Wildman–Crippen LogP) is 0.891. The lowest BCUT2D eigenvalue weighted by Crippen LogP contribution is -2.09. The average Bonchev–Trinajstić information content (AvgIpc) is 2.96. The maximum atomic E-state index is 5.10. The normalized spacial score (nSPS) is 12.8. The molecular formula is C10H15N5O. The number of nitrogens with zero attached hydrogens (tertiary/aromatic N) is 3. The van der Waals surface area contributed by atoms with Crippen molar-refractivity contribution < 1.29 is 4.74 Å². The van der Waals surface area contributed by atoms with Gasteiger partial charge in [0.25, 0.3) is 0 Å². The minimum atomic E-state index is 0.258. The fourth-order valence-corrected chi connectivity index (χ4v) is 1.65. The minimum Gasteiger partial charge on any atom is -0.385 e. The average molecular weight is 221 g/mol. The number of aromatic amines is 2. The van der Waals surface area contributed by atoms with E-state index in [-0.39, 0.29) is 5.92 Å². The number of aromatic nitrogens is 5. The summed E-state index contributed by atoms with van der Waals surface area (Å²) in [6.45, 7) is 0.700. The van der Waals surface area contributed by atoms with Gasteiger partial charge in [0.05, 0.1) is 0 Å². The van der Waals surface area contributed by atoms with Crippen LogP contribution < -0.4 is 0 Å². The predicted molar refractivity (Wildman–Crippen MR) is 57.9 cm³/mol. The Hall–Kier alpha value is -1.69. The zero-order chi connectivity index (χ0) is 11.2.